The number of aromatic nitrogens is 2. The summed E-state index contributed by atoms with van der Waals surface area (Å²) in [6.45, 7) is 2.20. The fraction of sp³-hybridized carbons (Fsp3) is 0.174. The van der Waals surface area contributed by atoms with Crippen LogP contribution in [-0.4, -0.2) is 24.9 Å². The van der Waals surface area contributed by atoms with Crippen molar-refractivity contribution in [2.45, 2.75) is 24.2 Å². The Labute approximate surface area is 170 Å². The molecule has 0 bridgehead atoms. The summed E-state index contributed by atoms with van der Waals surface area (Å²) in [5, 5.41) is 1.08. The number of nitrogens with one attached hydrogen (secondary N) is 2. The fourth-order valence-corrected chi connectivity index (χ4v) is 5.06. The minimum absolute atomic E-state index is 0.164. The first-order valence-electron chi connectivity index (χ1n) is 9.63. The van der Waals surface area contributed by atoms with E-state index in [1.165, 1.54) is 0 Å². The molecule has 0 spiro atoms. The number of para-hydroxylation sites is 1. The highest BCUT2D eigenvalue weighted by atomic mass is 32.2. The molecule has 0 aliphatic carbocycles. The van der Waals surface area contributed by atoms with Gasteiger partial charge >= 0.3 is 0 Å². The Morgan fingerprint density at radius 1 is 1.03 bits per heavy atom. The number of fused-ring (bicyclic) bond motifs is 1. The second-order valence-corrected chi connectivity index (χ2v) is 8.68. The van der Waals surface area contributed by atoms with Crippen molar-refractivity contribution in [2.75, 3.05) is 6.54 Å². The lowest BCUT2D eigenvalue weighted by atomic mass is 9.92. The Kier molecular flexibility index (Phi) is 5.47. The zero-order valence-corrected chi connectivity index (χ0v) is 17.0. The number of hydrogen-bond donors (Lipinski definition) is 2. The van der Waals surface area contributed by atoms with Crippen LogP contribution in [0.2, 0.25) is 0 Å². The first kappa shape index (κ1) is 19.4. The van der Waals surface area contributed by atoms with Crippen LogP contribution in [0.4, 0.5) is 0 Å². The number of aryl methyl sites for hydroxylation is 1. The molecule has 0 fully saturated rings. The molecule has 2 aromatic carbocycles. The number of sulfonamides is 1. The van der Waals surface area contributed by atoms with Crippen molar-refractivity contribution < 1.29 is 8.42 Å². The van der Waals surface area contributed by atoms with E-state index in [9.17, 15) is 8.42 Å². The minimum Gasteiger partial charge on any atom is -0.361 e. The summed E-state index contributed by atoms with van der Waals surface area (Å²) in [5.74, 6) is -0.164. The van der Waals surface area contributed by atoms with Crippen LogP contribution in [0.25, 0.3) is 10.9 Å². The van der Waals surface area contributed by atoms with Gasteiger partial charge in [-0.25, -0.2) is 13.1 Å². The summed E-state index contributed by atoms with van der Waals surface area (Å²) in [6, 6.07) is 19.0. The molecule has 0 amide bonds. The molecule has 0 aliphatic rings. The number of H-pyrrole nitrogens is 1. The monoisotopic (exact) mass is 405 g/mol. The van der Waals surface area contributed by atoms with Gasteiger partial charge in [-0.15, -0.1) is 0 Å². The number of benzene rings is 2. The minimum atomic E-state index is -3.63. The number of aromatic amines is 1. The lowest BCUT2D eigenvalue weighted by Gasteiger charge is -2.18. The van der Waals surface area contributed by atoms with Crippen molar-refractivity contribution in [3.63, 3.8) is 0 Å². The lowest BCUT2D eigenvalue weighted by molar-refractivity contribution is 0.576. The summed E-state index contributed by atoms with van der Waals surface area (Å²) >= 11 is 0. The Hall–Kier alpha value is -2.96. The van der Waals surface area contributed by atoms with Crippen molar-refractivity contribution in [2.24, 2.45) is 0 Å². The molecule has 6 heteroatoms. The van der Waals surface area contributed by atoms with Crippen molar-refractivity contribution in [1.82, 2.24) is 14.7 Å². The fourth-order valence-electron chi connectivity index (χ4n) is 3.70. The first-order chi connectivity index (χ1) is 14.1. The van der Waals surface area contributed by atoms with E-state index in [0.29, 0.717) is 11.3 Å². The molecule has 0 saturated carbocycles. The van der Waals surface area contributed by atoms with Crippen LogP contribution in [0.5, 0.6) is 0 Å². The number of pyridine rings is 1. The quantitative estimate of drug-likeness (QED) is 0.483. The highest BCUT2D eigenvalue weighted by molar-refractivity contribution is 7.89. The Morgan fingerprint density at radius 2 is 1.83 bits per heavy atom. The zero-order chi connectivity index (χ0) is 20.3. The van der Waals surface area contributed by atoms with Gasteiger partial charge in [0.1, 0.15) is 0 Å². The van der Waals surface area contributed by atoms with Crippen molar-refractivity contribution in [3.8, 4) is 0 Å². The van der Waals surface area contributed by atoms with Gasteiger partial charge in [-0.3, -0.25) is 4.98 Å². The van der Waals surface area contributed by atoms with Crippen LogP contribution in [0.1, 0.15) is 29.5 Å². The molecular formula is C23H23N3O2S. The number of hydrogen-bond acceptors (Lipinski definition) is 3. The van der Waals surface area contributed by atoms with Crippen LogP contribution in [-0.2, 0) is 16.4 Å². The highest BCUT2D eigenvalue weighted by Gasteiger charge is 2.23. The Morgan fingerprint density at radius 3 is 2.62 bits per heavy atom. The Bertz CT molecular complexity index is 1220. The van der Waals surface area contributed by atoms with Crippen LogP contribution in [0, 0.1) is 0 Å². The van der Waals surface area contributed by atoms with Gasteiger partial charge in [0.2, 0.25) is 10.0 Å². The average molecular weight is 406 g/mol. The predicted octanol–water partition coefficient (Wildman–Crippen LogP) is 4.24. The first-order valence-corrected chi connectivity index (χ1v) is 11.1. The second-order valence-electron chi connectivity index (χ2n) is 6.94. The van der Waals surface area contributed by atoms with E-state index in [0.717, 1.165) is 27.6 Å². The molecule has 2 heterocycles. The van der Waals surface area contributed by atoms with Crippen molar-refractivity contribution in [3.05, 3.63) is 95.9 Å². The zero-order valence-electron chi connectivity index (χ0n) is 16.2. The van der Waals surface area contributed by atoms with E-state index in [4.69, 9.17) is 0 Å². The summed E-state index contributed by atoms with van der Waals surface area (Å²) < 4.78 is 28.9. The molecule has 29 heavy (non-hydrogen) atoms. The Balaban J connectivity index is 1.70. The maximum Gasteiger partial charge on any atom is 0.240 e. The molecular weight excluding hydrogens is 382 g/mol. The van der Waals surface area contributed by atoms with Gasteiger partial charge in [-0.1, -0.05) is 49.4 Å². The molecule has 0 unspecified atom stereocenters. The lowest BCUT2D eigenvalue weighted by Crippen LogP contribution is -2.29. The second kappa shape index (κ2) is 8.19. The van der Waals surface area contributed by atoms with Gasteiger partial charge in [0.25, 0.3) is 0 Å². The number of nitrogens with zero attached hydrogens (tertiary/aromatic N) is 1. The van der Waals surface area contributed by atoms with E-state index in [-0.39, 0.29) is 12.5 Å². The summed E-state index contributed by atoms with van der Waals surface area (Å²) in [4.78, 5) is 7.87. The van der Waals surface area contributed by atoms with Gasteiger partial charge in [-0.2, -0.15) is 0 Å². The third kappa shape index (κ3) is 3.95. The van der Waals surface area contributed by atoms with Gasteiger partial charge in [0.15, 0.2) is 0 Å². The van der Waals surface area contributed by atoms with Crippen molar-refractivity contribution in [1.29, 1.82) is 0 Å². The molecule has 4 aromatic rings. The summed E-state index contributed by atoms with van der Waals surface area (Å²) in [7, 11) is -3.63. The maximum absolute atomic E-state index is 13.0. The normalized spacial score (nSPS) is 12.9. The predicted molar refractivity (Wildman–Crippen MR) is 115 cm³/mol. The third-order valence-corrected chi connectivity index (χ3v) is 6.73. The molecule has 0 aliphatic heterocycles. The smallest absolute Gasteiger partial charge is 0.240 e. The average Bonchev–Trinajstić information content (AvgIpc) is 3.18. The van der Waals surface area contributed by atoms with E-state index in [1.807, 2.05) is 61.7 Å². The van der Waals surface area contributed by atoms with E-state index in [1.54, 1.807) is 24.5 Å². The summed E-state index contributed by atoms with van der Waals surface area (Å²) in [5.41, 5.74) is 3.84. The largest absolute Gasteiger partial charge is 0.361 e. The van der Waals surface area contributed by atoms with E-state index < -0.39 is 10.0 Å². The maximum atomic E-state index is 13.0. The molecule has 0 saturated heterocycles. The van der Waals surface area contributed by atoms with Crippen LogP contribution in [0.3, 0.4) is 0 Å². The van der Waals surface area contributed by atoms with Crippen LogP contribution >= 0.6 is 0 Å². The highest BCUT2D eigenvalue weighted by Crippen LogP contribution is 2.30. The van der Waals surface area contributed by atoms with Gasteiger partial charge < -0.3 is 4.98 Å². The van der Waals surface area contributed by atoms with E-state index in [2.05, 4.69) is 14.7 Å². The van der Waals surface area contributed by atoms with Crippen molar-refractivity contribution >= 4 is 20.9 Å². The standard InChI is InChI=1S/C23H23N3O2S/c1-2-17-8-3-6-12-23(17)29(27,28)26-16-20(18-9-7-13-24-14-18)21-15-25-22-11-5-4-10-19(21)22/h3-15,20,25-26H,2,16H2,1H3/t20-/m1/s1. The number of rotatable bonds is 7. The summed E-state index contributed by atoms with van der Waals surface area (Å²) in [6.07, 6.45) is 6.13. The van der Waals surface area contributed by atoms with Gasteiger partial charge in [0.05, 0.1) is 4.90 Å². The third-order valence-electron chi connectivity index (χ3n) is 5.20. The molecule has 1 atom stereocenters. The van der Waals surface area contributed by atoms with Gasteiger partial charge in [0, 0.05) is 42.0 Å². The molecule has 0 radical (unpaired) electrons. The van der Waals surface area contributed by atoms with Crippen LogP contribution in [0.15, 0.2) is 84.1 Å². The molecule has 148 valence electrons. The molecule has 2 N–H and O–H groups in total. The SMILES string of the molecule is CCc1ccccc1S(=O)(=O)NC[C@H](c1cccnc1)c1c[nH]c2ccccc12. The molecule has 5 nitrogen and oxygen atoms in total. The molecule has 2 aromatic heterocycles. The van der Waals surface area contributed by atoms with Gasteiger partial charge in [-0.05, 0) is 41.3 Å². The van der Waals surface area contributed by atoms with Crippen LogP contribution < -0.4 is 4.72 Å². The molecule has 4 rings (SSSR count). The van der Waals surface area contributed by atoms with E-state index >= 15 is 0 Å². The topological polar surface area (TPSA) is 74.8 Å².